The van der Waals surface area contributed by atoms with E-state index in [9.17, 15) is 4.79 Å². The Morgan fingerprint density at radius 2 is 2.21 bits per heavy atom. The van der Waals surface area contributed by atoms with Gasteiger partial charge in [-0.2, -0.15) is 9.78 Å². The second-order valence-electron chi connectivity index (χ2n) is 2.99. The lowest BCUT2D eigenvalue weighted by molar-refractivity contribution is 0.828. The van der Waals surface area contributed by atoms with Crippen LogP contribution in [-0.4, -0.2) is 14.8 Å². The second-order valence-corrected chi connectivity index (χ2v) is 2.99. The lowest BCUT2D eigenvalue weighted by atomic mass is 10.1. The minimum atomic E-state index is -0.203. The van der Waals surface area contributed by atoms with E-state index < -0.39 is 0 Å². The maximum Gasteiger partial charge on any atom is 0.347 e. The third-order valence-corrected chi connectivity index (χ3v) is 2.15. The predicted octanol–water partition coefficient (Wildman–Crippen LogP) is 1.12. The van der Waals surface area contributed by atoms with Crippen molar-refractivity contribution in [2.75, 3.05) is 0 Å². The molecule has 1 heterocycles. The van der Waals surface area contributed by atoms with Gasteiger partial charge in [-0.05, 0) is 18.1 Å². The van der Waals surface area contributed by atoms with Gasteiger partial charge in [-0.25, -0.2) is 4.79 Å². The number of aromatic nitrogens is 3. The Labute approximate surface area is 81.2 Å². The summed E-state index contributed by atoms with van der Waals surface area (Å²) in [7, 11) is 0. The highest BCUT2D eigenvalue weighted by Gasteiger charge is 2.04. The number of aryl methyl sites for hydroxylation is 1. The zero-order valence-electron chi connectivity index (χ0n) is 7.90. The third kappa shape index (κ3) is 1.35. The summed E-state index contributed by atoms with van der Waals surface area (Å²) in [6, 6.07) is 7.74. The molecule has 1 N–H and O–H groups in total. The standard InChI is InChI=1S/C10H11N3O/c1-2-8-5-3-4-6-9(8)13-10(14)11-7-12-13/h3-7H,2H2,1H3,(H,11,12,14). The van der Waals surface area contributed by atoms with E-state index >= 15 is 0 Å². The highest BCUT2D eigenvalue weighted by Crippen LogP contribution is 2.11. The molecule has 1 aromatic carbocycles. The number of nitrogens with zero attached hydrogens (tertiary/aromatic N) is 2. The van der Waals surface area contributed by atoms with Crippen LogP contribution in [0.15, 0.2) is 35.4 Å². The molecule has 0 spiro atoms. The Morgan fingerprint density at radius 3 is 2.86 bits per heavy atom. The third-order valence-electron chi connectivity index (χ3n) is 2.15. The lowest BCUT2D eigenvalue weighted by Crippen LogP contribution is -2.17. The minimum Gasteiger partial charge on any atom is -0.295 e. The van der Waals surface area contributed by atoms with Crippen LogP contribution in [0, 0.1) is 0 Å². The van der Waals surface area contributed by atoms with Crippen molar-refractivity contribution in [3.05, 3.63) is 46.6 Å². The van der Waals surface area contributed by atoms with Crippen LogP contribution in [0.4, 0.5) is 0 Å². The van der Waals surface area contributed by atoms with Gasteiger partial charge in [0, 0.05) is 0 Å². The van der Waals surface area contributed by atoms with Crippen molar-refractivity contribution in [2.45, 2.75) is 13.3 Å². The van der Waals surface area contributed by atoms with Gasteiger partial charge in [0.25, 0.3) is 0 Å². The fourth-order valence-electron chi connectivity index (χ4n) is 1.44. The molecule has 0 aliphatic rings. The average Bonchev–Trinajstić information content (AvgIpc) is 2.64. The largest absolute Gasteiger partial charge is 0.347 e. The first-order chi connectivity index (χ1) is 6.83. The van der Waals surface area contributed by atoms with Gasteiger partial charge < -0.3 is 0 Å². The molecule has 2 aromatic rings. The number of aromatic amines is 1. The van der Waals surface area contributed by atoms with Crippen LogP contribution < -0.4 is 5.69 Å². The molecule has 0 aliphatic heterocycles. The first-order valence-electron chi connectivity index (χ1n) is 4.54. The maximum absolute atomic E-state index is 11.3. The SMILES string of the molecule is CCc1ccccc1-n1nc[nH]c1=O. The number of rotatable bonds is 2. The van der Waals surface area contributed by atoms with Crippen LogP contribution >= 0.6 is 0 Å². The molecule has 1 aromatic heterocycles. The number of benzene rings is 1. The number of nitrogens with one attached hydrogen (secondary N) is 1. The lowest BCUT2D eigenvalue weighted by Gasteiger charge is -2.04. The summed E-state index contributed by atoms with van der Waals surface area (Å²) >= 11 is 0. The Balaban J connectivity index is 2.62. The normalized spacial score (nSPS) is 10.4. The van der Waals surface area contributed by atoms with E-state index in [-0.39, 0.29) is 5.69 Å². The molecule has 4 heteroatoms. The molecule has 72 valence electrons. The number of hydrogen-bond donors (Lipinski definition) is 1. The van der Waals surface area contributed by atoms with E-state index in [2.05, 4.69) is 17.0 Å². The Hall–Kier alpha value is -1.84. The summed E-state index contributed by atoms with van der Waals surface area (Å²) in [5.41, 5.74) is 1.76. The van der Waals surface area contributed by atoms with Crippen molar-refractivity contribution in [3.8, 4) is 5.69 Å². The van der Waals surface area contributed by atoms with E-state index in [1.165, 1.54) is 11.0 Å². The molecule has 0 saturated heterocycles. The van der Waals surface area contributed by atoms with Crippen molar-refractivity contribution < 1.29 is 0 Å². The van der Waals surface area contributed by atoms with Crippen molar-refractivity contribution in [1.82, 2.24) is 14.8 Å². The molecule has 0 bridgehead atoms. The summed E-state index contributed by atoms with van der Waals surface area (Å²) in [4.78, 5) is 13.8. The average molecular weight is 189 g/mol. The van der Waals surface area contributed by atoms with Gasteiger partial charge >= 0.3 is 5.69 Å². The zero-order chi connectivity index (χ0) is 9.97. The van der Waals surface area contributed by atoms with Crippen molar-refractivity contribution >= 4 is 0 Å². The first-order valence-corrected chi connectivity index (χ1v) is 4.54. The van der Waals surface area contributed by atoms with E-state index in [0.29, 0.717) is 0 Å². The summed E-state index contributed by atoms with van der Waals surface area (Å²) in [6.45, 7) is 2.05. The summed E-state index contributed by atoms with van der Waals surface area (Å²) in [6.07, 6.45) is 2.28. The molecule has 2 rings (SSSR count). The van der Waals surface area contributed by atoms with Gasteiger partial charge in [0.1, 0.15) is 6.33 Å². The van der Waals surface area contributed by atoms with Gasteiger partial charge in [-0.3, -0.25) is 4.98 Å². The topological polar surface area (TPSA) is 50.7 Å². The molecule has 14 heavy (non-hydrogen) atoms. The van der Waals surface area contributed by atoms with Crippen LogP contribution in [-0.2, 0) is 6.42 Å². The van der Waals surface area contributed by atoms with Gasteiger partial charge in [-0.15, -0.1) is 0 Å². The molecule has 0 amide bonds. The van der Waals surface area contributed by atoms with E-state index in [0.717, 1.165) is 17.7 Å². The monoisotopic (exact) mass is 189 g/mol. The van der Waals surface area contributed by atoms with Crippen LogP contribution in [0.25, 0.3) is 5.69 Å². The molecular formula is C10H11N3O. The molecule has 4 nitrogen and oxygen atoms in total. The van der Waals surface area contributed by atoms with Crippen LogP contribution in [0.1, 0.15) is 12.5 Å². The fourth-order valence-corrected chi connectivity index (χ4v) is 1.44. The maximum atomic E-state index is 11.3. The molecule has 0 atom stereocenters. The Morgan fingerprint density at radius 1 is 1.43 bits per heavy atom. The molecule has 0 radical (unpaired) electrons. The van der Waals surface area contributed by atoms with Crippen LogP contribution in [0.2, 0.25) is 0 Å². The summed E-state index contributed by atoms with van der Waals surface area (Å²) < 4.78 is 1.37. The number of hydrogen-bond acceptors (Lipinski definition) is 2. The van der Waals surface area contributed by atoms with Crippen molar-refractivity contribution in [3.63, 3.8) is 0 Å². The van der Waals surface area contributed by atoms with Crippen LogP contribution in [0.5, 0.6) is 0 Å². The van der Waals surface area contributed by atoms with E-state index in [1.807, 2.05) is 24.3 Å². The second kappa shape index (κ2) is 3.49. The Kier molecular flexibility index (Phi) is 2.18. The fraction of sp³-hybridized carbons (Fsp3) is 0.200. The number of H-pyrrole nitrogens is 1. The van der Waals surface area contributed by atoms with Gasteiger partial charge in [-0.1, -0.05) is 25.1 Å². The number of para-hydroxylation sites is 1. The van der Waals surface area contributed by atoms with E-state index in [4.69, 9.17) is 0 Å². The molecule has 0 aliphatic carbocycles. The van der Waals surface area contributed by atoms with Gasteiger partial charge in [0.2, 0.25) is 0 Å². The minimum absolute atomic E-state index is 0.203. The van der Waals surface area contributed by atoms with Gasteiger partial charge in [0.05, 0.1) is 5.69 Å². The van der Waals surface area contributed by atoms with E-state index in [1.54, 1.807) is 0 Å². The molecule has 0 unspecified atom stereocenters. The molecule has 0 fully saturated rings. The Bertz CT molecular complexity index is 484. The summed E-state index contributed by atoms with van der Waals surface area (Å²) in [5.74, 6) is 0. The quantitative estimate of drug-likeness (QED) is 0.769. The van der Waals surface area contributed by atoms with Crippen molar-refractivity contribution in [1.29, 1.82) is 0 Å². The van der Waals surface area contributed by atoms with Gasteiger partial charge in [0.15, 0.2) is 0 Å². The zero-order valence-corrected chi connectivity index (χ0v) is 7.90. The van der Waals surface area contributed by atoms with Crippen LogP contribution in [0.3, 0.4) is 0 Å². The van der Waals surface area contributed by atoms with Crippen molar-refractivity contribution in [2.24, 2.45) is 0 Å². The molecular weight excluding hydrogens is 178 g/mol. The predicted molar refractivity (Wildman–Crippen MR) is 53.6 cm³/mol. The highest BCUT2D eigenvalue weighted by atomic mass is 16.1. The summed E-state index contributed by atoms with van der Waals surface area (Å²) in [5, 5.41) is 3.94. The highest BCUT2D eigenvalue weighted by molar-refractivity contribution is 5.39. The molecule has 0 saturated carbocycles. The first kappa shape index (κ1) is 8.74. The smallest absolute Gasteiger partial charge is 0.295 e.